The fraction of sp³-hybridized carbons (Fsp3) is 0.143. The predicted molar refractivity (Wildman–Crippen MR) is 147 cm³/mol. The van der Waals surface area contributed by atoms with Gasteiger partial charge in [0, 0.05) is 11.3 Å². The van der Waals surface area contributed by atoms with E-state index in [1.54, 1.807) is 35.4 Å². The van der Waals surface area contributed by atoms with Crippen molar-refractivity contribution in [2.45, 2.75) is 31.2 Å². The summed E-state index contributed by atoms with van der Waals surface area (Å²) in [5, 5.41) is 0.538. The van der Waals surface area contributed by atoms with Crippen LogP contribution < -0.4 is 9.62 Å². The van der Waals surface area contributed by atoms with Crippen molar-refractivity contribution >= 4 is 48.3 Å². The Morgan fingerprint density at radius 2 is 1.76 bits per heavy atom. The molecule has 1 N–H and O–H groups in total. The summed E-state index contributed by atoms with van der Waals surface area (Å²) in [5.41, 5.74) is 2.59. The minimum atomic E-state index is -3.92. The number of furan rings is 1. The van der Waals surface area contributed by atoms with E-state index in [9.17, 15) is 17.6 Å². The van der Waals surface area contributed by atoms with Gasteiger partial charge in [-0.1, -0.05) is 37.3 Å². The van der Waals surface area contributed by atoms with E-state index in [1.807, 2.05) is 18.2 Å². The standard InChI is InChI=1S/C28H24FN3O4S2/c1-18(2)24-6-3-7-25-26(24)30-28(37-25)32(17-22-5-4-16-36-22)27(33)19-8-12-21(13-9-19)31-38(34,35)23-14-10-20(29)11-15-23/h3-16,18,31H,17H2,1-2H3. The minimum Gasteiger partial charge on any atom is -0.467 e. The van der Waals surface area contributed by atoms with E-state index in [4.69, 9.17) is 9.40 Å². The molecule has 0 saturated heterocycles. The lowest BCUT2D eigenvalue weighted by atomic mass is 10.0. The molecular formula is C28H24FN3O4S2. The highest BCUT2D eigenvalue weighted by molar-refractivity contribution is 7.92. The Hall–Kier alpha value is -4.02. The molecule has 0 aliphatic rings. The molecule has 0 aliphatic heterocycles. The molecule has 5 aromatic rings. The number of nitrogens with zero attached hydrogens (tertiary/aromatic N) is 2. The Morgan fingerprint density at radius 1 is 1.03 bits per heavy atom. The van der Waals surface area contributed by atoms with Crippen molar-refractivity contribution in [2.24, 2.45) is 0 Å². The highest BCUT2D eigenvalue weighted by atomic mass is 32.2. The highest BCUT2D eigenvalue weighted by Crippen LogP contribution is 2.35. The number of carbonyl (C=O) groups is 1. The summed E-state index contributed by atoms with van der Waals surface area (Å²) >= 11 is 1.43. The zero-order chi connectivity index (χ0) is 26.9. The molecule has 0 aliphatic carbocycles. The molecule has 7 nitrogen and oxygen atoms in total. The summed E-state index contributed by atoms with van der Waals surface area (Å²) in [4.78, 5) is 20.0. The summed E-state index contributed by atoms with van der Waals surface area (Å²) in [6.07, 6.45) is 1.55. The quantitative estimate of drug-likeness (QED) is 0.230. The van der Waals surface area contributed by atoms with Crippen molar-refractivity contribution in [1.82, 2.24) is 4.98 Å². The number of aromatic nitrogens is 1. The third-order valence-corrected chi connectivity index (χ3v) is 8.38. The normalized spacial score (nSPS) is 11.7. The van der Waals surface area contributed by atoms with Crippen LogP contribution >= 0.6 is 11.3 Å². The molecule has 5 rings (SSSR count). The van der Waals surface area contributed by atoms with E-state index in [1.165, 1.54) is 35.6 Å². The Bertz CT molecular complexity index is 1680. The Morgan fingerprint density at radius 3 is 2.42 bits per heavy atom. The lowest BCUT2D eigenvalue weighted by molar-refractivity contribution is 0.0983. The number of fused-ring (bicyclic) bond motifs is 1. The molecule has 0 atom stereocenters. The highest BCUT2D eigenvalue weighted by Gasteiger charge is 2.24. The topological polar surface area (TPSA) is 92.5 Å². The largest absolute Gasteiger partial charge is 0.467 e. The number of anilines is 2. The molecule has 1 amide bonds. The van der Waals surface area contributed by atoms with Crippen LogP contribution in [0.1, 0.15) is 41.4 Å². The van der Waals surface area contributed by atoms with Gasteiger partial charge in [-0.3, -0.25) is 14.4 Å². The van der Waals surface area contributed by atoms with Crippen LogP contribution in [0.4, 0.5) is 15.2 Å². The second-order valence-corrected chi connectivity index (χ2v) is 11.6. The molecule has 0 bridgehead atoms. The van der Waals surface area contributed by atoms with Crippen molar-refractivity contribution in [3.05, 3.63) is 108 Å². The molecule has 0 spiro atoms. The Kier molecular flexibility index (Phi) is 7.00. The van der Waals surface area contributed by atoms with Gasteiger partial charge in [0.25, 0.3) is 15.9 Å². The van der Waals surface area contributed by atoms with Crippen LogP contribution in [0, 0.1) is 5.82 Å². The first-order chi connectivity index (χ1) is 18.2. The number of hydrogen-bond acceptors (Lipinski definition) is 6. The molecule has 2 aromatic heterocycles. The fourth-order valence-electron chi connectivity index (χ4n) is 3.99. The third kappa shape index (κ3) is 5.32. The van der Waals surface area contributed by atoms with E-state index in [-0.39, 0.29) is 29.0 Å². The summed E-state index contributed by atoms with van der Waals surface area (Å²) < 4.78 is 47.4. The van der Waals surface area contributed by atoms with Crippen LogP contribution in [0.5, 0.6) is 0 Å². The van der Waals surface area contributed by atoms with Crippen molar-refractivity contribution in [3.8, 4) is 0 Å². The first kappa shape index (κ1) is 25.6. The molecule has 10 heteroatoms. The van der Waals surface area contributed by atoms with E-state index in [0.29, 0.717) is 16.5 Å². The number of amides is 1. The van der Waals surface area contributed by atoms with Gasteiger partial charge in [-0.25, -0.2) is 17.8 Å². The SMILES string of the molecule is CC(C)c1cccc2sc(N(Cc3ccco3)C(=O)c3ccc(NS(=O)(=O)c4ccc(F)cc4)cc3)nc12. The molecule has 194 valence electrons. The van der Waals surface area contributed by atoms with E-state index in [2.05, 4.69) is 18.6 Å². The van der Waals surface area contributed by atoms with E-state index < -0.39 is 15.8 Å². The smallest absolute Gasteiger partial charge is 0.261 e. The molecule has 38 heavy (non-hydrogen) atoms. The van der Waals surface area contributed by atoms with Crippen LogP contribution in [-0.4, -0.2) is 19.3 Å². The molecule has 0 saturated carbocycles. The number of rotatable bonds is 8. The van der Waals surface area contributed by atoms with Gasteiger partial charge in [-0.15, -0.1) is 0 Å². The molecule has 0 fully saturated rings. The second-order valence-electron chi connectivity index (χ2n) is 8.95. The van der Waals surface area contributed by atoms with Gasteiger partial charge in [-0.2, -0.15) is 0 Å². The monoisotopic (exact) mass is 549 g/mol. The Balaban J connectivity index is 1.44. The summed E-state index contributed by atoms with van der Waals surface area (Å²) in [7, 11) is -3.92. The van der Waals surface area contributed by atoms with Gasteiger partial charge in [0.05, 0.1) is 27.9 Å². The molecule has 0 unspecified atom stereocenters. The minimum absolute atomic E-state index is 0.0692. The average Bonchev–Trinajstić information content (AvgIpc) is 3.57. The third-order valence-electron chi connectivity index (χ3n) is 5.94. The Labute approximate surface area is 223 Å². The number of nitrogens with one attached hydrogen (secondary N) is 1. The van der Waals surface area contributed by atoms with Crippen LogP contribution in [0.2, 0.25) is 0 Å². The number of carbonyl (C=O) groups excluding carboxylic acids is 1. The first-order valence-corrected chi connectivity index (χ1v) is 14.1. The number of benzene rings is 3. The maximum atomic E-state index is 13.7. The summed E-state index contributed by atoms with van der Waals surface area (Å²) in [6, 6.07) is 20.2. The number of thiazole rings is 1. The zero-order valence-corrected chi connectivity index (χ0v) is 22.2. The van der Waals surface area contributed by atoms with Gasteiger partial charge >= 0.3 is 0 Å². The van der Waals surface area contributed by atoms with Gasteiger partial charge in [0.15, 0.2) is 5.13 Å². The molecule has 0 radical (unpaired) electrons. The molecule has 3 aromatic carbocycles. The second kappa shape index (κ2) is 10.4. The lowest BCUT2D eigenvalue weighted by Gasteiger charge is -2.19. The van der Waals surface area contributed by atoms with Crippen molar-refractivity contribution < 1.29 is 22.0 Å². The van der Waals surface area contributed by atoms with E-state index >= 15 is 0 Å². The van der Waals surface area contributed by atoms with Gasteiger partial charge in [0.2, 0.25) is 0 Å². The summed E-state index contributed by atoms with van der Waals surface area (Å²) in [6.45, 7) is 4.39. The summed E-state index contributed by atoms with van der Waals surface area (Å²) in [5.74, 6) is 0.0402. The number of hydrogen-bond donors (Lipinski definition) is 1. The van der Waals surface area contributed by atoms with Crippen LogP contribution in [0.25, 0.3) is 10.2 Å². The molecular weight excluding hydrogens is 525 g/mol. The zero-order valence-electron chi connectivity index (χ0n) is 20.6. The van der Waals surface area contributed by atoms with Crippen LogP contribution in [0.15, 0.2) is 94.4 Å². The van der Waals surface area contributed by atoms with Crippen LogP contribution in [-0.2, 0) is 16.6 Å². The predicted octanol–water partition coefficient (Wildman–Crippen LogP) is 6.80. The van der Waals surface area contributed by atoms with Crippen molar-refractivity contribution in [3.63, 3.8) is 0 Å². The van der Waals surface area contributed by atoms with Gasteiger partial charge in [-0.05, 0) is 78.2 Å². The first-order valence-electron chi connectivity index (χ1n) is 11.8. The maximum Gasteiger partial charge on any atom is 0.261 e. The maximum absolute atomic E-state index is 13.7. The fourth-order valence-corrected chi connectivity index (χ4v) is 6.05. The van der Waals surface area contributed by atoms with Crippen molar-refractivity contribution in [1.29, 1.82) is 0 Å². The van der Waals surface area contributed by atoms with Crippen molar-refractivity contribution in [2.75, 3.05) is 9.62 Å². The molecule has 2 heterocycles. The van der Waals surface area contributed by atoms with Gasteiger partial charge < -0.3 is 4.42 Å². The number of para-hydroxylation sites is 1. The van der Waals surface area contributed by atoms with Crippen LogP contribution in [0.3, 0.4) is 0 Å². The number of sulfonamides is 1. The number of halogens is 1. The van der Waals surface area contributed by atoms with Gasteiger partial charge in [0.1, 0.15) is 11.6 Å². The average molecular weight is 550 g/mol. The van der Waals surface area contributed by atoms with E-state index in [0.717, 1.165) is 27.9 Å². The lowest BCUT2D eigenvalue weighted by Crippen LogP contribution is -2.30.